The quantitative estimate of drug-likeness (QED) is 0.860. The van der Waals surface area contributed by atoms with E-state index in [1.54, 1.807) is 0 Å². The molecule has 1 atom stereocenters. The Morgan fingerprint density at radius 1 is 1.32 bits per heavy atom. The zero-order valence-corrected chi connectivity index (χ0v) is 13.4. The minimum absolute atomic E-state index is 0.334. The molecule has 0 aliphatic heterocycles. The molecule has 0 fully saturated rings. The fraction of sp³-hybridized carbons (Fsp3) is 0.625. The monoisotopic (exact) mass is 282 g/mol. The van der Waals surface area contributed by atoms with Gasteiger partial charge in [0.25, 0.3) is 0 Å². The third-order valence-electron chi connectivity index (χ3n) is 3.15. The lowest BCUT2D eigenvalue weighted by Crippen LogP contribution is -2.32. The van der Waals surface area contributed by atoms with Crippen LogP contribution in [0.1, 0.15) is 32.8 Å². The first-order chi connectivity index (χ1) is 8.80. The number of rotatable bonds is 6. The maximum Gasteiger partial charge on any atom is 0.0409 e. The van der Waals surface area contributed by atoms with Crippen molar-refractivity contribution in [3.63, 3.8) is 0 Å². The van der Waals surface area contributed by atoms with E-state index in [0.29, 0.717) is 11.3 Å². The van der Waals surface area contributed by atoms with Crippen molar-refractivity contribution in [3.8, 4) is 0 Å². The molecule has 19 heavy (non-hydrogen) atoms. The van der Waals surface area contributed by atoms with Crippen LogP contribution in [0.15, 0.2) is 24.3 Å². The largest absolute Gasteiger partial charge is 0.330 e. The van der Waals surface area contributed by atoms with E-state index in [-0.39, 0.29) is 0 Å². The summed E-state index contributed by atoms with van der Waals surface area (Å²) in [6.07, 6.45) is 1.16. The molecule has 0 spiro atoms. The SMILES string of the molecule is CN(Cc1cccc(Cl)c1)CC(CN)CC(C)(C)C. The number of nitrogens with zero attached hydrogens (tertiary/aromatic N) is 1. The van der Waals surface area contributed by atoms with Crippen molar-refractivity contribution in [2.75, 3.05) is 20.1 Å². The lowest BCUT2D eigenvalue weighted by Gasteiger charge is -2.28. The van der Waals surface area contributed by atoms with Gasteiger partial charge in [-0.3, -0.25) is 0 Å². The molecule has 1 aromatic carbocycles. The molecule has 1 aromatic rings. The van der Waals surface area contributed by atoms with Crippen molar-refractivity contribution >= 4 is 11.6 Å². The van der Waals surface area contributed by atoms with Gasteiger partial charge < -0.3 is 10.6 Å². The molecule has 0 bridgehead atoms. The van der Waals surface area contributed by atoms with Crippen LogP contribution in [0.2, 0.25) is 5.02 Å². The smallest absolute Gasteiger partial charge is 0.0409 e. The molecule has 0 aliphatic carbocycles. The minimum Gasteiger partial charge on any atom is -0.330 e. The summed E-state index contributed by atoms with van der Waals surface area (Å²) < 4.78 is 0. The average Bonchev–Trinajstić information content (AvgIpc) is 2.26. The van der Waals surface area contributed by atoms with E-state index in [1.165, 1.54) is 5.56 Å². The normalized spacial score (nSPS) is 13.8. The van der Waals surface area contributed by atoms with E-state index in [2.05, 4.69) is 38.8 Å². The second kappa shape index (κ2) is 7.28. The number of benzene rings is 1. The van der Waals surface area contributed by atoms with Crippen LogP contribution in [-0.4, -0.2) is 25.0 Å². The highest BCUT2D eigenvalue weighted by Gasteiger charge is 2.19. The van der Waals surface area contributed by atoms with Crippen LogP contribution < -0.4 is 5.73 Å². The van der Waals surface area contributed by atoms with Gasteiger partial charge in [0.15, 0.2) is 0 Å². The van der Waals surface area contributed by atoms with Gasteiger partial charge in [0, 0.05) is 18.1 Å². The molecule has 2 nitrogen and oxygen atoms in total. The van der Waals surface area contributed by atoms with Gasteiger partial charge in [-0.15, -0.1) is 0 Å². The number of halogens is 1. The lowest BCUT2D eigenvalue weighted by atomic mass is 9.84. The Balaban J connectivity index is 2.51. The molecule has 0 aliphatic rings. The van der Waals surface area contributed by atoms with Gasteiger partial charge in [0.2, 0.25) is 0 Å². The van der Waals surface area contributed by atoms with Gasteiger partial charge in [0.1, 0.15) is 0 Å². The Morgan fingerprint density at radius 3 is 2.53 bits per heavy atom. The van der Waals surface area contributed by atoms with Crippen molar-refractivity contribution < 1.29 is 0 Å². The first-order valence-electron chi connectivity index (χ1n) is 6.93. The van der Waals surface area contributed by atoms with E-state index >= 15 is 0 Å². The molecule has 2 N–H and O–H groups in total. The molecule has 3 heteroatoms. The Labute approximate surface area is 122 Å². The summed E-state index contributed by atoms with van der Waals surface area (Å²) in [5.74, 6) is 0.546. The summed E-state index contributed by atoms with van der Waals surface area (Å²) in [5, 5.41) is 0.802. The maximum atomic E-state index is 6.01. The lowest BCUT2D eigenvalue weighted by molar-refractivity contribution is 0.216. The molecule has 108 valence electrons. The third-order valence-corrected chi connectivity index (χ3v) is 3.38. The first kappa shape index (κ1) is 16.5. The van der Waals surface area contributed by atoms with E-state index in [9.17, 15) is 0 Å². The van der Waals surface area contributed by atoms with Gasteiger partial charge >= 0.3 is 0 Å². The Morgan fingerprint density at radius 2 is 2.00 bits per heavy atom. The number of hydrogen-bond acceptors (Lipinski definition) is 2. The summed E-state index contributed by atoms with van der Waals surface area (Å²) in [7, 11) is 2.15. The standard InChI is InChI=1S/C16H27ClN2/c1-16(2,3)9-14(10-18)12-19(4)11-13-6-5-7-15(17)8-13/h5-8,14H,9-12,18H2,1-4H3. The summed E-state index contributed by atoms with van der Waals surface area (Å²) in [6, 6.07) is 8.05. The molecule has 1 unspecified atom stereocenters. The predicted octanol–water partition coefficient (Wildman–Crippen LogP) is 3.78. The molecule has 1 rings (SSSR count). The summed E-state index contributed by atoms with van der Waals surface area (Å²) in [5.41, 5.74) is 7.48. The van der Waals surface area contributed by atoms with Gasteiger partial charge in [-0.25, -0.2) is 0 Å². The second-order valence-corrected chi connectivity index (χ2v) is 7.13. The molecule has 0 amide bonds. The zero-order chi connectivity index (χ0) is 14.5. The van der Waals surface area contributed by atoms with Crippen LogP contribution in [0.4, 0.5) is 0 Å². The van der Waals surface area contributed by atoms with Gasteiger partial charge in [-0.1, -0.05) is 44.5 Å². The van der Waals surface area contributed by atoms with Crippen molar-refractivity contribution in [3.05, 3.63) is 34.9 Å². The Hall–Kier alpha value is -0.570. The van der Waals surface area contributed by atoms with Crippen molar-refractivity contribution in [1.82, 2.24) is 4.90 Å². The predicted molar refractivity (Wildman–Crippen MR) is 84.4 cm³/mol. The molecule has 0 aromatic heterocycles. The Kier molecular flexibility index (Phi) is 6.31. The highest BCUT2D eigenvalue weighted by Crippen LogP contribution is 2.24. The molecule has 0 saturated carbocycles. The minimum atomic E-state index is 0.334. The summed E-state index contributed by atoms with van der Waals surface area (Å²) >= 11 is 6.01. The van der Waals surface area contributed by atoms with Crippen LogP contribution in [0.25, 0.3) is 0 Å². The van der Waals surface area contributed by atoms with Crippen molar-refractivity contribution in [2.24, 2.45) is 17.1 Å². The molecular weight excluding hydrogens is 256 g/mol. The third kappa shape index (κ3) is 6.95. The fourth-order valence-corrected chi connectivity index (χ4v) is 2.75. The van der Waals surface area contributed by atoms with Gasteiger partial charge in [-0.05, 0) is 49.0 Å². The van der Waals surface area contributed by atoms with Crippen LogP contribution in [0, 0.1) is 11.3 Å². The van der Waals surface area contributed by atoms with Crippen molar-refractivity contribution in [2.45, 2.75) is 33.7 Å². The molecular formula is C16H27ClN2. The van der Waals surface area contributed by atoms with Crippen LogP contribution >= 0.6 is 11.6 Å². The number of nitrogens with two attached hydrogens (primary N) is 1. The van der Waals surface area contributed by atoms with Gasteiger partial charge in [-0.2, -0.15) is 0 Å². The summed E-state index contributed by atoms with van der Waals surface area (Å²) in [6.45, 7) is 9.50. The molecule has 0 heterocycles. The van der Waals surface area contributed by atoms with E-state index < -0.39 is 0 Å². The maximum absolute atomic E-state index is 6.01. The van der Waals surface area contributed by atoms with Crippen LogP contribution in [-0.2, 0) is 6.54 Å². The van der Waals surface area contributed by atoms with Crippen molar-refractivity contribution in [1.29, 1.82) is 0 Å². The highest BCUT2D eigenvalue weighted by atomic mass is 35.5. The second-order valence-electron chi connectivity index (χ2n) is 6.69. The Bertz CT molecular complexity index is 385. The topological polar surface area (TPSA) is 29.3 Å². The molecule has 0 saturated heterocycles. The summed E-state index contributed by atoms with van der Waals surface area (Å²) in [4.78, 5) is 2.33. The van der Waals surface area contributed by atoms with Crippen LogP contribution in [0.3, 0.4) is 0 Å². The highest BCUT2D eigenvalue weighted by molar-refractivity contribution is 6.30. The van der Waals surface area contributed by atoms with E-state index in [4.69, 9.17) is 17.3 Å². The van der Waals surface area contributed by atoms with E-state index in [0.717, 1.165) is 31.1 Å². The fourth-order valence-electron chi connectivity index (χ4n) is 2.54. The average molecular weight is 283 g/mol. The first-order valence-corrected chi connectivity index (χ1v) is 7.31. The zero-order valence-electron chi connectivity index (χ0n) is 12.6. The van der Waals surface area contributed by atoms with E-state index in [1.807, 2.05) is 18.2 Å². The number of hydrogen-bond donors (Lipinski definition) is 1. The van der Waals surface area contributed by atoms with Crippen LogP contribution in [0.5, 0.6) is 0 Å². The molecule has 0 radical (unpaired) electrons. The van der Waals surface area contributed by atoms with Gasteiger partial charge in [0.05, 0.1) is 0 Å².